The Kier molecular flexibility index (Phi) is 5.62. The topological polar surface area (TPSA) is 45.7 Å². The monoisotopic (exact) mass is 381 g/mol. The Morgan fingerprint density at radius 2 is 1.88 bits per heavy atom. The van der Waals surface area contributed by atoms with Gasteiger partial charge in [-0.2, -0.15) is 0 Å². The molecule has 6 heteroatoms. The average Bonchev–Trinajstić information content (AvgIpc) is 3.40. The summed E-state index contributed by atoms with van der Waals surface area (Å²) in [5.41, 5.74) is 1.52. The minimum Gasteiger partial charge on any atom is -0.348 e. The summed E-state index contributed by atoms with van der Waals surface area (Å²) in [6.45, 7) is 1.90. The molecule has 1 aliphatic rings. The molecule has 3 N–H and O–H groups in total. The van der Waals surface area contributed by atoms with Crippen molar-refractivity contribution in [2.24, 2.45) is 0 Å². The summed E-state index contributed by atoms with van der Waals surface area (Å²) in [7, 11) is 0. The summed E-state index contributed by atoms with van der Waals surface area (Å²) in [5, 5.41) is 5.34. The number of rotatable bonds is 6. The third-order valence-corrected chi connectivity index (χ3v) is 4.99. The molecule has 2 atom stereocenters. The predicted octanol–water partition coefficient (Wildman–Crippen LogP) is 3.78. The Labute approximate surface area is 156 Å². The second kappa shape index (κ2) is 7.73. The second-order valence-corrected chi connectivity index (χ2v) is 7.25. The van der Waals surface area contributed by atoms with Gasteiger partial charge in [0.2, 0.25) is 0 Å². The van der Waals surface area contributed by atoms with E-state index in [2.05, 4.69) is 5.32 Å². The summed E-state index contributed by atoms with van der Waals surface area (Å²) in [6.07, 6.45) is 2.05. The van der Waals surface area contributed by atoms with Gasteiger partial charge in [0.25, 0.3) is 5.91 Å². The average molecular weight is 382 g/mol. The molecule has 0 aromatic heterocycles. The van der Waals surface area contributed by atoms with Crippen LogP contribution < -0.4 is 10.6 Å². The standard InChI is InChI=1S/C19H19Cl2FN2O/c1-11(14-9-17(22)16(21)10-15(14)20)23-18(12-5-3-2-4-6-12)19(25)24-13-7-8-13/h2-6,9-11,13,18,23H,7-8H2,1H3,(H,24,25)/p+1/t11-,18+/m0/s1. The molecule has 2 aromatic rings. The molecule has 3 nitrogen and oxygen atoms in total. The maximum Gasteiger partial charge on any atom is 0.283 e. The molecule has 2 aromatic carbocycles. The lowest BCUT2D eigenvalue weighted by molar-refractivity contribution is -0.719. The van der Waals surface area contributed by atoms with Crippen LogP contribution in [0.25, 0.3) is 0 Å². The molecule has 0 unspecified atom stereocenters. The number of nitrogens with one attached hydrogen (secondary N) is 1. The van der Waals surface area contributed by atoms with Crippen LogP contribution in [0.15, 0.2) is 42.5 Å². The van der Waals surface area contributed by atoms with Gasteiger partial charge in [0, 0.05) is 17.2 Å². The highest BCUT2D eigenvalue weighted by Crippen LogP contribution is 2.28. The SMILES string of the molecule is C[C@H]([NH2+][C@@H](C(=O)NC1CC1)c1ccccc1)c1cc(F)c(Cl)cc1Cl. The molecule has 1 aliphatic carbocycles. The van der Waals surface area contributed by atoms with E-state index in [9.17, 15) is 9.18 Å². The Balaban J connectivity index is 1.84. The smallest absolute Gasteiger partial charge is 0.283 e. The number of carbonyl (C=O) groups excluding carboxylic acids is 1. The van der Waals surface area contributed by atoms with Crippen LogP contribution in [-0.4, -0.2) is 11.9 Å². The van der Waals surface area contributed by atoms with Gasteiger partial charge in [0.05, 0.1) is 10.0 Å². The molecule has 1 amide bonds. The fourth-order valence-electron chi connectivity index (χ4n) is 2.81. The summed E-state index contributed by atoms with van der Waals surface area (Å²) >= 11 is 12.0. The largest absolute Gasteiger partial charge is 0.348 e. The van der Waals surface area contributed by atoms with Crippen LogP contribution in [0.5, 0.6) is 0 Å². The molecule has 0 heterocycles. The van der Waals surface area contributed by atoms with Crippen molar-refractivity contribution in [3.63, 3.8) is 0 Å². The van der Waals surface area contributed by atoms with Crippen LogP contribution in [-0.2, 0) is 4.79 Å². The van der Waals surface area contributed by atoms with Crippen LogP contribution in [0.3, 0.4) is 0 Å². The van der Waals surface area contributed by atoms with Gasteiger partial charge in [-0.15, -0.1) is 0 Å². The number of benzene rings is 2. The summed E-state index contributed by atoms with van der Waals surface area (Å²) < 4.78 is 13.8. The lowest BCUT2D eigenvalue weighted by atomic mass is 10.0. The van der Waals surface area contributed by atoms with Gasteiger partial charge in [0.15, 0.2) is 6.04 Å². The number of halogens is 3. The van der Waals surface area contributed by atoms with Gasteiger partial charge in [-0.3, -0.25) is 4.79 Å². The highest BCUT2D eigenvalue weighted by atomic mass is 35.5. The van der Waals surface area contributed by atoms with Gasteiger partial charge < -0.3 is 10.6 Å². The predicted molar refractivity (Wildman–Crippen MR) is 97.1 cm³/mol. The van der Waals surface area contributed by atoms with E-state index >= 15 is 0 Å². The van der Waals surface area contributed by atoms with Crippen molar-refractivity contribution >= 4 is 29.1 Å². The zero-order chi connectivity index (χ0) is 18.0. The first-order valence-electron chi connectivity index (χ1n) is 8.30. The van der Waals surface area contributed by atoms with Crippen molar-refractivity contribution in [2.75, 3.05) is 0 Å². The number of quaternary nitrogens is 1. The molecule has 0 saturated heterocycles. The third kappa shape index (κ3) is 4.51. The maximum atomic E-state index is 13.8. The lowest BCUT2D eigenvalue weighted by Crippen LogP contribution is -2.88. The van der Waals surface area contributed by atoms with Crippen molar-refractivity contribution in [3.8, 4) is 0 Å². The minimum absolute atomic E-state index is 0.00737. The molecule has 0 spiro atoms. The number of carbonyl (C=O) groups is 1. The van der Waals surface area contributed by atoms with Crippen molar-refractivity contribution in [1.29, 1.82) is 0 Å². The van der Waals surface area contributed by atoms with E-state index in [4.69, 9.17) is 23.2 Å². The van der Waals surface area contributed by atoms with E-state index in [0.29, 0.717) is 10.6 Å². The first-order chi connectivity index (χ1) is 12.0. The van der Waals surface area contributed by atoms with Crippen molar-refractivity contribution in [2.45, 2.75) is 37.9 Å². The summed E-state index contributed by atoms with van der Waals surface area (Å²) in [4.78, 5) is 12.7. The molecule has 0 radical (unpaired) electrons. The first kappa shape index (κ1) is 18.2. The molecular formula is C19H20Cl2FN2O+. The maximum absolute atomic E-state index is 13.8. The number of hydrogen-bond donors (Lipinski definition) is 2. The lowest BCUT2D eigenvalue weighted by Gasteiger charge is -2.21. The fraction of sp³-hybridized carbons (Fsp3) is 0.316. The Bertz CT molecular complexity index is 766. The van der Waals surface area contributed by atoms with E-state index in [0.717, 1.165) is 18.4 Å². The highest BCUT2D eigenvalue weighted by molar-refractivity contribution is 6.35. The first-order valence-corrected chi connectivity index (χ1v) is 9.06. The van der Waals surface area contributed by atoms with E-state index in [1.54, 1.807) is 0 Å². The normalized spacial score (nSPS) is 16.3. The van der Waals surface area contributed by atoms with Gasteiger partial charge in [-0.1, -0.05) is 53.5 Å². The molecule has 1 saturated carbocycles. The summed E-state index contributed by atoms with van der Waals surface area (Å²) in [5.74, 6) is -0.550. The molecule has 132 valence electrons. The number of hydrogen-bond acceptors (Lipinski definition) is 1. The molecule has 3 rings (SSSR count). The molecule has 1 fully saturated rings. The summed E-state index contributed by atoms with van der Waals surface area (Å²) in [6, 6.07) is 11.9. The van der Waals surface area contributed by atoms with Crippen molar-refractivity contribution in [1.82, 2.24) is 5.32 Å². The van der Waals surface area contributed by atoms with Crippen LogP contribution in [0, 0.1) is 5.82 Å². The third-order valence-electron chi connectivity index (χ3n) is 4.38. The van der Waals surface area contributed by atoms with E-state index in [1.807, 2.05) is 42.6 Å². The molecular weight excluding hydrogens is 362 g/mol. The number of amides is 1. The molecule has 0 bridgehead atoms. The van der Waals surface area contributed by atoms with Crippen LogP contribution in [0.2, 0.25) is 10.0 Å². The zero-order valence-electron chi connectivity index (χ0n) is 13.8. The highest BCUT2D eigenvalue weighted by Gasteiger charge is 2.32. The zero-order valence-corrected chi connectivity index (χ0v) is 15.3. The van der Waals surface area contributed by atoms with Crippen LogP contribution >= 0.6 is 23.2 Å². The van der Waals surface area contributed by atoms with E-state index < -0.39 is 11.9 Å². The second-order valence-electron chi connectivity index (χ2n) is 6.44. The Morgan fingerprint density at radius 1 is 1.20 bits per heavy atom. The quantitative estimate of drug-likeness (QED) is 0.734. The van der Waals surface area contributed by atoms with Gasteiger partial charge in [-0.05, 0) is 31.9 Å². The van der Waals surface area contributed by atoms with E-state index in [1.165, 1.54) is 12.1 Å². The van der Waals surface area contributed by atoms with Crippen LogP contribution in [0.1, 0.15) is 43.0 Å². The molecule has 25 heavy (non-hydrogen) atoms. The Hall–Kier alpha value is -1.62. The Morgan fingerprint density at radius 3 is 2.52 bits per heavy atom. The van der Waals surface area contributed by atoms with Crippen molar-refractivity contribution in [3.05, 3.63) is 69.5 Å². The van der Waals surface area contributed by atoms with Gasteiger partial charge in [0.1, 0.15) is 11.9 Å². The van der Waals surface area contributed by atoms with Crippen molar-refractivity contribution < 1.29 is 14.5 Å². The molecule has 0 aliphatic heterocycles. The van der Waals surface area contributed by atoms with Gasteiger partial charge >= 0.3 is 0 Å². The fourth-order valence-corrected chi connectivity index (χ4v) is 3.36. The number of nitrogens with two attached hydrogens (primary N) is 1. The minimum atomic E-state index is -0.514. The van der Waals surface area contributed by atoms with Gasteiger partial charge in [-0.25, -0.2) is 4.39 Å². The van der Waals surface area contributed by atoms with Crippen LogP contribution in [0.4, 0.5) is 4.39 Å². The van der Waals surface area contributed by atoms with E-state index in [-0.39, 0.29) is 23.0 Å².